The summed E-state index contributed by atoms with van der Waals surface area (Å²) in [5, 5.41) is 2.22. The first-order chi connectivity index (χ1) is 6.13. The van der Waals surface area contributed by atoms with Crippen LogP contribution in [-0.2, 0) is 9.59 Å². The Morgan fingerprint density at radius 2 is 2.38 bits per heavy atom. The molecule has 1 heterocycles. The third-order valence-electron chi connectivity index (χ3n) is 1.89. The van der Waals surface area contributed by atoms with E-state index >= 15 is 0 Å². The lowest BCUT2D eigenvalue weighted by Crippen LogP contribution is -2.43. The Kier molecular flexibility index (Phi) is 3.00. The van der Waals surface area contributed by atoms with Gasteiger partial charge in [0.15, 0.2) is 0 Å². The highest BCUT2D eigenvalue weighted by Crippen LogP contribution is 2.08. The molecule has 5 heteroatoms. The first-order valence-electron chi connectivity index (χ1n) is 4.29. The summed E-state index contributed by atoms with van der Waals surface area (Å²) in [6.45, 7) is 1.87. The number of carbonyl (C=O) groups excluding carboxylic acids is 2. The molecule has 0 saturated carbocycles. The maximum Gasteiger partial charge on any atom is 0.251 e. The Morgan fingerprint density at radius 1 is 1.69 bits per heavy atom. The Hall–Kier alpha value is -1.39. The number of nitrogens with two attached hydrogens (primary N) is 1. The lowest BCUT2D eigenvalue weighted by atomic mass is 10.1. The normalized spacial score (nSPS) is 24.4. The van der Waals surface area contributed by atoms with Crippen LogP contribution in [-0.4, -0.2) is 23.7 Å². The van der Waals surface area contributed by atoms with E-state index in [2.05, 4.69) is 10.3 Å². The number of piperidine rings is 1. The van der Waals surface area contributed by atoms with Crippen molar-refractivity contribution in [2.24, 2.45) is 10.7 Å². The van der Waals surface area contributed by atoms with E-state index in [1.54, 1.807) is 0 Å². The number of amides is 2. The van der Waals surface area contributed by atoms with Crippen molar-refractivity contribution < 1.29 is 9.59 Å². The molecular formula is C8H13N3O2. The molecule has 2 amide bonds. The molecule has 1 aliphatic rings. The molecule has 1 fully saturated rings. The SMILES string of the molecule is CCC(N)=NC1CCC(=O)NC1=O. The van der Waals surface area contributed by atoms with E-state index < -0.39 is 6.04 Å². The lowest BCUT2D eigenvalue weighted by molar-refractivity contribution is -0.133. The predicted octanol–water partition coefficient (Wildman–Crippen LogP) is -0.441. The number of hydrogen-bond donors (Lipinski definition) is 2. The fraction of sp³-hybridized carbons (Fsp3) is 0.625. The number of nitrogens with zero attached hydrogens (tertiary/aromatic N) is 1. The lowest BCUT2D eigenvalue weighted by Gasteiger charge is -2.17. The summed E-state index contributed by atoms with van der Waals surface area (Å²) in [6.07, 6.45) is 1.43. The number of rotatable bonds is 2. The van der Waals surface area contributed by atoms with Gasteiger partial charge in [-0.05, 0) is 6.42 Å². The highest BCUT2D eigenvalue weighted by Gasteiger charge is 2.25. The summed E-state index contributed by atoms with van der Waals surface area (Å²) < 4.78 is 0. The van der Waals surface area contributed by atoms with Gasteiger partial charge in [-0.25, -0.2) is 0 Å². The summed E-state index contributed by atoms with van der Waals surface area (Å²) >= 11 is 0. The topological polar surface area (TPSA) is 84.5 Å². The number of carbonyl (C=O) groups is 2. The zero-order valence-corrected chi connectivity index (χ0v) is 7.54. The van der Waals surface area contributed by atoms with Crippen molar-refractivity contribution in [3.8, 4) is 0 Å². The molecule has 0 bridgehead atoms. The third kappa shape index (κ3) is 2.54. The fourth-order valence-corrected chi connectivity index (χ4v) is 1.10. The van der Waals surface area contributed by atoms with Crippen molar-refractivity contribution >= 4 is 17.6 Å². The van der Waals surface area contributed by atoms with E-state index in [1.807, 2.05) is 6.92 Å². The van der Waals surface area contributed by atoms with Gasteiger partial charge in [0, 0.05) is 12.8 Å². The van der Waals surface area contributed by atoms with Crippen molar-refractivity contribution in [1.29, 1.82) is 0 Å². The second kappa shape index (κ2) is 4.02. The Labute approximate surface area is 76.4 Å². The summed E-state index contributed by atoms with van der Waals surface area (Å²) in [5.41, 5.74) is 5.49. The highest BCUT2D eigenvalue weighted by molar-refractivity contribution is 6.01. The van der Waals surface area contributed by atoms with Crippen LogP contribution in [0.1, 0.15) is 26.2 Å². The highest BCUT2D eigenvalue weighted by atomic mass is 16.2. The molecule has 0 aliphatic carbocycles. The molecule has 72 valence electrons. The second-order valence-corrected chi connectivity index (χ2v) is 2.94. The van der Waals surface area contributed by atoms with Crippen LogP contribution in [0.25, 0.3) is 0 Å². The summed E-state index contributed by atoms with van der Waals surface area (Å²) in [6, 6.07) is -0.474. The zero-order valence-electron chi connectivity index (χ0n) is 7.54. The molecule has 0 radical (unpaired) electrons. The van der Waals surface area contributed by atoms with Crippen LogP contribution < -0.4 is 11.1 Å². The van der Waals surface area contributed by atoms with Gasteiger partial charge in [0.25, 0.3) is 5.91 Å². The van der Waals surface area contributed by atoms with Gasteiger partial charge in [0.2, 0.25) is 5.91 Å². The van der Waals surface area contributed by atoms with E-state index in [0.29, 0.717) is 25.1 Å². The smallest absolute Gasteiger partial charge is 0.251 e. The molecule has 0 aromatic carbocycles. The molecule has 1 atom stereocenters. The van der Waals surface area contributed by atoms with Crippen LogP contribution in [0.15, 0.2) is 4.99 Å². The van der Waals surface area contributed by atoms with Gasteiger partial charge >= 0.3 is 0 Å². The first-order valence-corrected chi connectivity index (χ1v) is 4.29. The maximum atomic E-state index is 11.2. The average molecular weight is 183 g/mol. The second-order valence-electron chi connectivity index (χ2n) is 2.94. The van der Waals surface area contributed by atoms with Gasteiger partial charge in [0.1, 0.15) is 6.04 Å². The van der Waals surface area contributed by atoms with Gasteiger partial charge in [-0.15, -0.1) is 0 Å². The monoisotopic (exact) mass is 183 g/mol. The van der Waals surface area contributed by atoms with Gasteiger partial charge in [-0.3, -0.25) is 19.9 Å². The Morgan fingerprint density at radius 3 is 2.92 bits per heavy atom. The molecule has 3 N–H and O–H groups in total. The molecule has 1 unspecified atom stereocenters. The summed E-state index contributed by atoms with van der Waals surface area (Å²) in [5.74, 6) is -0.117. The molecule has 0 aromatic rings. The fourth-order valence-electron chi connectivity index (χ4n) is 1.10. The molecule has 1 aliphatic heterocycles. The minimum absolute atomic E-state index is 0.230. The molecule has 1 rings (SSSR count). The molecule has 13 heavy (non-hydrogen) atoms. The summed E-state index contributed by atoms with van der Waals surface area (Å²) in [7, 11) is 0. The predicted molar refractivity (Wildman–Crippen MR) is 48.1 cm³/mol. The average Bonchev–Trinajstić information content (AvgIpc) is 2.09. The standard InChI is InChI=1S/C8H13N3O2/c1-2-6(9)10-5-3-4-7(12)11-8(5)13/h5H,2-4H2,1H3,(H2,9,10)(H,11,12,13). The molecule has 5 nitrogen and oxygen atoms in total. The largest absolute Gasteiger partial charge is 0.387 e. The van der Waals surface area contributed by atoms with Gasteiger partial charge in [0.05, 0.1) is 5.84 Å². The van der Waals surface area contributed by atoms with Crippen LogP contribution in [0.5, 0.6) is 0 Å². The van der Waals surface area contributed by atoms with Crippen LogP contribution in [0.2, 0.25) is 0 Å². The Bertz CT molecular complexity index is 260. The van der Waals surface area contributed by atoms with E-state index in [4.69, 9.17) is 5.73 Å². The van der Waals surface area contributed by atoms with Crippen LogP contribution >= 0.6 is 0 Å². The van der Waals surface area contributed by atoms with E-state index in [-0.39, 0.29) is 11.8 Å². The van der Waals surface area contributed by atoms with Crippen LogP contribution in [0.3, 0.4) is 0 Å². The number of imide groups is 1. The zero-order chi connectivity index (χ0) is 9.84. The van der Waals surface area contributed by atoms with Gasteiger partial charge < -0.3 is 5.73 Å². The molecule has 0 spiro atoms. The van der Waals surface area contributed by atoms with E-state index in [1.165, 1.54) is 0 Å². The van der Waals surface area contributed by atoms with Crippen molar-refractivity contribution in [2.45, 2.75) is 32.2 Å². The molecule has 1 saturated heterocycles. The first kappa shape index (κ1) is 9.70. The minimum atomic E-state index is -0.474. The summed E-state index contributed by atoms with van der Waals surface area (Å²) in [4.78, 5) is 25.9. The quantitative estimate of drug-likeness (QED) is 0.346. The maximum absolute atomic E-state index is 11.2. The van der Waals surface area contributed by atoms with Crippen molar-refractivity contribution in [2.75, 3.05) is 0 Å². The van der Waals surface area contributed by atoms with Crippen molar-refractivity contribution in [3.05, 3.63) is 0 Å². The van der Waals surface area contributed by atoms with E-state index in [9.17, 15) is 9.59 Å². The molecular weight excluding hydrogens is 170 g/mol. The molecule has 0 aromatic heterocycles. The van der Waals surface area contributed by atoms with Gasteiger partial charge in [-0.1, -0.05) is 6.92 Å². The Balaban J connectivity index is 2.61. The van der Waals surface area contributed by atoms with Crippen LogP contribution in [0, 0.1) is 0 Å². The number of hydrogen-bond acceptors (Lipinski definition) is 3. The number of aliphatic imine (C=N–C) groups is 1. The number of amidine groups is 1. The van der Waals surface area contributed by atoms with E-state index in [0.717, 1.165) is 0 Å². The third-order valence-corrected chi connectivity index (χ3v) is 1.89. The van der Waals surface area contributed by atoms with Crippen LogP contribution in [0.4, 0.5) is 0 Å². The number of nitrogens with one attached hydrogen (secondary N) is 1. The minimum Gasteiger partial charge on any atom is -0.387 e. The van der Waals surface area contributed by atoms with Gasteiger partial charge in [-0.2, -0.15) is 0 Å². The van der Waals surface area contributed by atoms with Crippen molar-refractivity contribution in [3.63, 3.8) is 0 Å². The van der Waals surface area contributed by atoms with Crippen molar-refractivity contribution in [1.82, 2.24) is 5.32 Å².